The van der Waals surface area contributed by atoms with E-state index < -0.39 is 5.41 Å². The van der Waals surface area contributed by atoms with E-state index in [1.165, 1.54) is 5.56 Å². The molecule has 1 aromatic carbocycles. The van der Waals surface area contributed by atoms with Gasteiger partial charge >= 0.3 is 0 Å². The number of nitrogens with zero attached hydrogens (tertiary/aromatic N) is 1. The van der Waals surface area contributed by atoms with Crippen molar-refractivity contribution in [3.63, 3.8) is 0 Å². The summed E-state index contributed by atoms with van der Waals surface area (Å²) in [4.78, 5) is 14.6. The van der Waals surface area contributed by atoms with Crippen LogP contribution in [0.2, 0.25) is 0 Å². The van der Waals surface area contributed by atoms with Crippen LogP contribution >= 0.6 is 11.6 Å². The predicted molar refractivity (Wildman–Crippen MR) is 87.4 cm³/mol. The van der Waals surface area contributed by atoms with E-state index >= 15 is 0 Å². The summed E-state index contributed by atoms with van der Waals surface area (Å²) in [6.07, 6.45) is 2.18. The lowest BCUT2D eigenvalue weighted by molar-refractivity contribution is -0.129. The van der Waals surface area contributed by atoms with E-state index in [1.54, 1.807) is 0 Å². The first-order valence-corrected chi connectivity index (χ1v) is 8.18. The maximum absolute atomic E-state index is 12.2. The molecule has 1 saturated heterocycles. The molecule has 0 bridgehead atoms. The number of carbonyl (C=O) groups is 1. The first-order valence-electron chi connectivity index (χ1n) is 7.64. The molecule has 1 unspecified atom stereocenters. The van der Waals surface area contributed by atoms with Gasteiger partial charge in [-0.05, 0) is 38.8 Å². The Bertz CT molecular complexity index is 461. The number of piperidine rings is 1. The molecule has 1 heterocycles. The Balaban J connectivity index is 1.88. The van der Waals surface area contributed by atoms with Gasteiger partial charge in [0.05, 0.1) is 5.41 Å². The molecule has 0 spiro atoms. The molecule has 1 atom stereocenters. The first kappa shape index (κ1) is 16.3. The van der Waals surface area contributed by atoms with E-state index in [2.05, 4.69) is 34.5 Å². The number of nitrogens with one attached hydrogen (secondary N) is 1. The van der Waals surface area contributed by atoms with Crippen LogP contribution in [0.1, 0.15) is 32.3 Å². The molecule has 1 aliphatic heterocycles. The van der Waals surface area contributed by atoms with Gasteiger partial charge in [-0.2, -0.15) is 0 Å². The minimum Gasteiger partial charge on any atom is -0.352 e. The quantitative estimate of drug-likeness (QED) is 0.848. The van der Waals surface area contributed by atoms with Crippen LogP contribution < -0.4 is 5.32 Å². The summed E-state index contributed by atoms with van der Waals surface area (Å²) in [5.74, 6) is 0.406. The van der Waals surface area contributed by atoms with E-state index in [-0.39, 0.29) is 11.9 Å². The van der Waals surface area contributed by atoms with Crippen molar-refractivity contribution in [2.24, 2.45) is 5.41 Å². The topological polar surface area (TPSA) is 32.3 Å². The maximum atomic E-state index is 12.2. The number of amides is 1. The second kappa shape index (κ2) is 7.28. The van der Waals surface area contributed by atoms with Gasteiger partial charge in [-0.15, -0.1) is 11.6 Å². The smallest absolute Gasteiger partial charge is 0.227 e. The van der Waals surface area contributed by atoms with Crippen molar-refractivity contribution in [3.8, 4) is 0 Å². The molecule has 1 fully saturated rings. The molecule has 1 amide bonds. The van der Waals surface area contributed by atoms with E-state index in [0.717, 1.165) is 32.5 Å². The Labute approximate surface area is 132 Å². The highest BCUT2D eigenvalue weighted by Gasteiger charge is 2.30. The van der Waals surface area contributed by atoms with E-state index in [9.17, 15) is 4.79 Å². The van der Waals surface area contributed by atoms with Gasteiger partial charge in [-0.3, -0.25) is 9.69 Å². The molecule has 2 rings (SSSR count). The maximum Gasteiger partial charge on any atom is 0.227 e. The second-order valence-electron chi connectivity index (χ2n) is 6.55. The second-order valence-corrected chi connectivity index (χ2v) is 6.82. The van der Waals surface area contributed by atoms with Crippen LogP contribution in [0.4, 0.5) is 0 Å². The number of alkyl halides is 1. The van der Waals surface area contributed by atoms with Crippen molar-refractivity contribution in [1.29, 1.82) is 0 Å². The Morgan fingerprint density at radius 1 is 1.38 bits per heavy atom. The summed E-state index contributed by atoms with van der Waals surface area (Å²) in [5, 5.41) is 3.16. The van der Waals surface area contributed by atoms with Gasteiger partial charge in [-0.25, -0.2) is 0 Å². The molecule has 116 valence electrons. The lowest BCUT2D eigenvalue weighted by Crippen LogP contribution is -2.51. The molecular formula is C17H25ClN2O. The van der Waals surface area contributed by atoms with Crippen LogP contribution in [0.25, 0.3) is 0 Å². The molecule has 0 radical (unpaired) electrons. The van der Waals surface area contributed by atoms with Crippen molar-refractivity contribution in [2.45, 2.75) is 39.3 Å². The molecule has 0 saturated carbocycles. The van der Waals surface area contributed by atoms with Crippen molar-refractivity contribution >= 4 is 17.5 Å². The van der Waals surface area contributed by atoms with Gasteiger partial charge < -0.3 is 5.32 Å². The average molecular weight is 309 g/mol. The van der Waals surface area contributed by atoms with Crippen LogP contribution in [-0.4, -0.2) is 35.8 Å². The molecule has 1 aromatic rings. The van der Waals surface area contributed by atoms with Crippen LogP contribution in [0, 0.1) is 5.41 Å². The van der Waals surface area contributed by atoms with Crippen LogP contribution in [0.3, 0.4) is 0 Å². The third kappa shape index (κ3) is 4.72. The highest BCUT2D eigenvalue weighted by Crippen LogP contribution is 2.19. The van der Waals surface area contributed by atoms with Gasteiger partial charge in [0.2, 0.25) is 5.91 Å². The van der Waals surface area contributed by atoms with Gasteiger partial charge in [0.25, 0.3) is 0 Å². The van der Waals surface area contributed by atoms with E-state index in [4.69, 9.17) is 11.6 Å². The minimum absolute atomic E-state index is 0.0593. The number of hydrogen-bond acceptors (Lipinski definition) is 2. The standard InChI is InChI=1S/C17H25ClN2O/c1-17(2,13-18)16(21)19-15-9-6-10-20(12-15)11-14-7-4-3-5-8-14/h3-5,7-8,15H,6,9-13H2,1-2H3,(H,19,21). The zero-order chi connectivity index (χ0) is 15.3. The molecular weight excluding hydrogens is 284 g/mol. The van der Waals surface area contributed by atoms with E-state index in [0.29, 0.717) is 5.88 Å². The Morgan fingerprint density at radius 3 is 2.76 bits per heavy atom. The summed E-state index contributed by atoms with van der Waals surface area (Å²) in [6.45, 7) is 6.74. The Hall–Kier alpha value is -1.06. The highest BCUT2D eigenvalue weighted by atomic mass is 35.5. The number of hydrogen-bond donors (Lipinski definition) is 1. The van der Waals surface area contributed by atoms with Gasteiger partial charge in [0, 0.05) is 25.0 Å². The van der Waals surface area contributed by atoms with Crippen LogP contribution in [0.15, 0.2) is 30.3 Å². The highest BCUT2D eigenvalue weighted by molar-refractivity contribution is 6.19. The first-order chi connectivity index (χ1) is 10.0. The summed E-state index contributed by atoms with van der Waals surface area (Å²) in [5.41, 5.74) is 0.828. The third-order valence-corrected chi connectivity index (χ3v) is 4.71. The van der Waals surface area contributed by atoms with Crippen molar-refractivity contribution in [3.05, 3.63) is 35.9 Å². The van der Waals surface area contributed by atoms with E-state index in [1.807, 2.05) is 19.9 Å². The number of likely N-dealkylation sites (tertiary alicyclic amines) is 1. The summed E-state index contributed by atoms with van der Waals surface area (Å²) >= 11 is 5.87. The van der Waals surface area contributed by atoms with Gasteiger partial charge in [0.15, 0.2) is 0 Å². The molecule has 21 heavy (non-hydrogen) atoms. The van der Waals surface area contributed by atoms with Crippen LogP contribution in [0.5, 0.6) is 0 Å². The Morgan fingerprint density at radius 2 is 2.10 bits per heavy atom. The lowest BCUT2D eigenvalue weighted by Gasteiger charge is -2.34. The SMILES string of the molecule is CC(C)(CCl)C(=O)NC1CCCN(Cc2ccccc2)C1. The predicted octanol–water partition coefficient (Wildman–Crippen LogP) is 3.03. The lowest BCUT2D eigenvalue weighted by atomic mass is 9.94. The van der Waals surface area contributed by atoms with Crippen molar-refractivity contribution in [2.75, 3.05) is 19.0 Å². The molecule has 1 aliphatic rings. The number of halogens is 1. The van der Waals surface area contributed by atoms with Crippen LogP contribution in [-0.2, 0) is 11.3 Å². The zero-order valence-electron chi connectivity index (χ0n) is 12.9. The fraction of sp³-hybridized carbons (Fsp3) is 0.588. The number of carbonyl (C=O) groups excluding carboxylic acids is 1. The molecule has 4 heteroatoms. The number of rotatable bonds is 5. The molecule has 1 N–H and O–H groups in total. The van der Waals surface area contributed by atoms with Gasteiger partial charge in [0.1, 0.15) is 0 Å². The molecule has 0 aromatic heterocycles. The minimum atomic E-state index is -0.497. The summed E-state index contributed by atoms with van der Waals surface area (Å²) in [6, 6.07) is 10.7. The number of benzene rings is 1. The summed E-state index contributed by atoms with van der Waals surface area (Å²) < 4.78 is 0. The van der Waals surface area contributed by atoms with Gasteiger partial charge in [-0.1, -0.05) is 30.3 Å². The average Bonchev–Trinajstić information content (AvgIpc) is 2.48. The monoisotopic (exact) mass is 308 g/mol. The third-order valence-electron chi connectivity index (χ3n) is 4.04. The fourth-order valence-corrected chi connectivity index (χ4v) is 2.72. The normalized spacial score (nSPS) is 20.2. The molecule has 0 aliphatic carbocycles. The van der Waals surface area contributed by atoms with Crippen molar-refractivity contribution < 1.29 is 4.79 Å². The largest absolute Gasteiger partial charge is 0.352 e. The molecule has 3 nitrogen and oxygen atoms in total. The zero-order valence-corrected chi connectivity index (χ0v) is 13.7. The summed E-state index contributed by atoms with van der Waals surface area (Å²) in [7, 11) is 0. The van der Waals surface area contributed by atoms with Crippen molar-refractivity contribution in [1.82, 2.24) is 10.2 Å². The Kier molecular flexibility index (Phi) is 5.65. The fourth-order valence-electron chi connectivity index (χ4n) is 2.60.